The summed E-state index contributed by atoms with van der Waals surface area (Å²) in [7, 11) is 1.75. The summed E-state index contributed by atoms with van der Waals surface area (Å²) in [5.74, 6) is 5.26. The summed E-state index contributed by atoms with van der Waals surface area (Å²) in [5, 5.41) is 6.79. The average molecular weight is 238 g/mol. The van der Waals surface area contributed by atoms with Crippen molar-refractivity contribution in [1.29, 1.82) is 0 Å². The first kappa shape index (κ1) is 11.2. The molecule has 2 aromatic heterocycles. The molecule has 0 aliphatic carbocycles. The van der Waals surface area contributed by atoms with Gasteiger partial charge in [-0.2, -0.15) is 10.1 Å². The molecule has 0 unspecified atom stereocenters. The quantitative estimate of drug-likeness (QED) is 0.493. The maximum absolute atomic E-state index is 13.3. The van der Waals surface area contributed by atoms with Crippen LogP contribution in [0.1, 0.15) is 5.82 Å². The number of aryl methyl sites for hydroxylation is 1. The smallest absolute Gasteiger partial charge is 0.239 e. The summed E-state index contributed by atoms with van der Waals surface area (Å²) >= 11 is 0. The maximum atomic E-state index is 13.3. The van der Waals surface area contributed by atoms with Gasteiger partial charge in [-0.3, -0.25) is 10.1 Å². The second kappa shape index (κ2) is 4.70. The van der Waals surface area contributed by atoms with Gasteiger partial charge in [0.25, 0.3) is 0 Å². The molecule has 0 atom stereocenters. The molecule has 90 valence electrons. The molecule has 2 heterocycles. The van der Waals surface area contributed by atoms with Crippen molar-refractivity contribution in [3.05, 3.63) is 24.2 Å². The first-order valence-electron chi connectivity index (χ1n) is 4.76. The number of nitrogens with one attached hydrogen (secondary N) is 2. The number of nitrogen functional groups attached to an aromatic ring is 1. The van der Waals surface area contributed by atoms with E-state index >= 15 is 0 Å². The Kier molecular flexibility index (Phi) is 3.10. The molecule has 8 nitrogen and oxygen atoms in total. The summed E-state index contributed by atoms with van der Waals surface area (Å²) in [6, 6.07) is 0. The van der Waals surface area contributed by atoms with E-state index in [0.29, 0.717) is 5.82 Å². The summed E-state index contributed by atoms with van der Waals surface area (Å²) in [4.78, 5) is 11.4. The molecule has 2 rings (SSSR count). The lowest BCUT2D eigenvalue weighted by Gasteiger charge is -2.05. The molecule has 0 saturated heterocycles. The van der Waals surface area contributed by atoms with Crippen LogP contribution in [-0.4, -0.2) is 24.7 Å². The fourth-order valence-corrected chi connectivity index (χ4v) is 1.19. The van der Waals surface area contributed by atoms with Gasteiger partial charge in [0.2, 0.25) is 5.95 Å². The van der Waals surface area contributed by atoms with Crippen LogP contribution in [0.3, 0.4) is 0 Å². The van der Waals surface area contributed by atoms with Crippen LogP contribution < -0.4 is 16.6 Å². The lowest BCUT2D eigenvalue weighted by molar-refractivity contribution is 0.616. The fraction of sp³-hybridized carbons (Fsp3) is 0.250. The topological polar surface area (TPSA) is 107 Å². The van der Waals surface area contributed by atoms with Crippen molar-refractivity contribution >= 4 is 11.8 Å². The number of rotatable bonds is 4. The van der Waals surface area contributed by atoms with Crippen LogP contribution in [0, 0.1) is 5.82 Å². The van der Waals surface area contributed by atoms with Gasteiger partial charge in [0, 0.05) is 7.05 Å². The summed E-state index contributed by atoms with van der Waals surface area (Å²) in [6.45, 7) is 0.263. The van der Waals surface area contributed by atoms with Gasteiger partial charge in [0.15, 0.2) is 17.5 Å². The number of nitrogens with zero attached hydrogens (tertiary/aromatic N) is 5. The standard InChI is InChI=1S/C8H11FN8/c1-17-4-13-6(16-17)3-11-7-5(9)2-12-8(14-7)15-10/h2,4H,3,10H2,1H3,(H2,11,12,14,15). The summed E-state index contributed by atoms with van der Waals surface area (Å²) in [6.07, 6.45) is 2.58. The van der Waals surface area contributed by atoms with E-state index in [1.54, 1.807) is 18.1 Å². The molecule has 2 aromatic rings. The van der Waals surface area contributed by atoms with E-state index in [4.69, 9.17) is 5.84 Å². The Balaban J connectivity index is 2.07. The van der Waals surface area contributed by atoms with Crippen LogP contribution in [-0.2, 0) is 13.6 Å². The van der Waals surface area contributed by atoms with Crippen molar-refractivity contribution in [2.24, 2.45) is 12.9 Å². The molecule has 9 heteroatoms. The minimum Gasteiger partial charge on any atom is -0.360 e. The minimum atomic E-state index is -0.570. The van der Waals surface area contributed by atoms with Gasteiger partial charge in [-0.1, -0.05) is 0 Å². The third-order valence-electron chi connectivity index (χ3n) is 1.93. The zero-order valence-electron chi connectivity index (χ0n) is 9.05. The number of halogens is 1. The zero-order chi connectivity index (χ0) is 12.3. The Morgan fingerprint density at radius 3 is 2.94 bits per heavy atom. The van der Waals surface area contributed by atoms with E-state index in [1.807, 2.05) is 0 Å². The second-order valence-corrected chi connectivity index (χ2v) is 3.22. The van der Waals surface area contributed by atoms with E-state index in [1.165, 1.54) is 0 Å². The van der Waals surface area contributed by atoms with Crippen LogP contribution in [0.4, 0.5) is 16.2 Å². The van der Waals surface area contributed by atoms with Gasteiger partial charge in [-0.25, -0.2) is 20.2 Å². The van der Waals surface area contributed by atoms with Gasteiger partial charge in [-0.15, -0.1) is 0 Å². The van der Waals surface area contributed by atoms with Crippen molar-refractivity contribution in [3.8, 4) is 0 Å². The molecule has 0 fully saturated rings. The highest BCUT2D eigenvalue weighted by molar-refractivity contribution is 5.40. The molecule has 0 saturated carbocycles. The first-order valence-corrected chi connectivity index (χ1v) is 4.76. The SMILES string of the molecule is Cn1cnc(CNc2nc(NN)ncc2F)n1. The number of hydrazine groups is 1. The molecule has 4 N–H and O–H groups in total. The number of anilines is 2. The molecular weight excluding hydrogens is 227 g/mol. The van der Waals surface area contributed by atoms with Gasteiger partial charge in [0.1, 0.15) is 6.33 Å². The Morgan fingerprint density at radius 2 is 2.29 bits per heavy atom. The molecule has 0 amide bonds. The highest BCUT2D eigenvalue weighted by atomic mass is 19.1. The van der Waals surface area contributed by atoms with Gasteiger partial charge in [0.05, 0.1) is 12.7 Å². The zero-order valence-corrected chi connectivity index (χ0v) is 9.05. The predicted molar refractivity (Wildman–Crippen MR) is 58.1 cm³/mol. The predicted octanol–water partition coefficient (Wildman–Crippen LogP) is -0.358. The summed E-state index contributed by atoms with van der Waals surface area (Å²) in [5.41, 5.74) is 2.23. The van der Waals surface area contributed by atoms with E-state index < -0.39 is 5.82 Å². The second-order valence-electron chi connectivity index (χ2n) is 3.22. The number of aromatic nitrogens is 5. The molecular formula is C8H11FN8. The lowest BCUT2D eigenvalue weighted by Crippen LogP contribution is -2.13. The van der Waals surface area contributed by atoms with Crippen LogP contribution in [0.2, 0.25) is 0 Å². The normalized spacial score (nSPS) is 10.3. The third-order valence-corrected chi connectivity index (χ3v) is 1.93. The number of hydrogen-bond acceptors (Lipinski definition) is 7. The van der Waals surface area contributed by atoms with Crippen molar-refractivity contribution < 1.29 is 4.39 Å². The Labute approximate surface area is 96.1 Å². The Bertz CT molecular complexity index is 510. The highest BCUT2D eigenvalue weighted by Crippen LogP contribution is 2.11. The molecule has 0 radical (unpaired) electrons. The molecule has 0 aliphatic heterocycles. The molecule has 0 bridgehead atoms. The monoisotopic (exact) mass is 238 g/mol. The number of hydrogen-bond donors (Lipinski definition) is 3. The average Bonchev–Trinajstić information content (AvgIpc) is 2.74. The van der Waals surface area contributed by atoms with Crippen LogP contribution in [0.15, 0.2) is 12.5 Å². The van der Waals surface area contributed by atoms with E-state index in [0.717, 1.165) is 6.20 Å². The van der Waals surface area contributed by atoms with Crippen molar-refractivity contribution in [2.75, 3.05) is 10.7 Å². The van der Waals surface area contributed by atoms with Gasteiger partial charge < -0.3 is 5.32 Å². The maximum Gasteiger partial charge on any atom is 0.239 e. The molecule has 0 aromatic carbocycles. The minimum absolute atomic E-state index is 0.0420. The number of nitrogens with two attached hydrogens (primary N) is 1. The van der Waals surface area contributed by atoms with Crippen molar-refractivity contribution in [3.63, 3.8) is 0 Å². The first-order chi connectivity index (χ1) is 8.19. The van der Waals surface area contributed by atoms with Gasteiger partial charge >= 0.3 is 0 Å². The molecule has 0 aliphatic rings. The van der Waals surface area contributed by atoms with Crippen LogP contribution in [0.5, 0.6) is 0 Å². The Hall–Kier alpha value is -2.29. The van der Waals surface area contributed by atoms with Crippen molar-refractivity contribution in [2.45, 2.75) is 6.54 Å². The molecule has 17 heavy (non-hydrogen) atoms. The summed E-state index contributed by atoms with van der Waals surface area (Å²) < 4.78 is 14.9. The third kappa shape index (κ3) is 2.64. The highest BCUT2D eigenvalue weighted by Gasteiger charge is 2.07. The fourth-order valence-electron chi connectivity index (χ4n) is 1.19. The van der Waals surface area contributed by atoms with E-state index in [-0.39, 0.29) is 18.3 Å². The van der Waals surface area contributed by atoms with Crippen LogP contribution in [0.25, 0.3) is 0 Å². The van der Waals surface area contributed by atoms with E-state index in [9.17, 15) is 4.39 Å². The molecule has 0 spiro atoms. The van der Waals surface area contributed by atoms with Crippen LogP contribution >= 0.6 is 0 Å². The van der Waals surface area contributed by atoms with Gasteiger partial charge in [-0.05, 0) is 0 Å². The Morgan fingerprint density at radius 1 is 1.47 bits per heavy atom. The van der Waals surface area contributed by atoms with Crippen molar-refractivity contribution in [1.82, 2.24) is 24.7 Å². The van der Waals surface area contributed by atoms with E-state index in [2.05, 4.69) is 30.8 Å². The largest absolute Gasteiger partial charge is 0.360 e. The lowest BCUT2D eigenvalue weighted by atomic mass is 10.5.